The average Bonchev–Trinajstić information content (AvgIpc) is 2.52. The van der Waals surface area contributed by atoms with Crippen LogP contribution in [0.15, 0.2) is 24.3 Å². The lowest BCUT2D eigenvalue weighted by Gasteiger charge is -2.36. The molecule has 22 heavy (non-hydrogen) atoms. The van der Waals surface area contributed by atoms with Crippen LogP contribution in [0.5, 0.6) is 0 Å². The van der Waals surface area contributed by atoms with E-state index in [0.29, 0.717) is 19.6 Å². The highest BCUT2D eigenvalue weighted by atomic mass is 16.5. The maximum absolute atomic E-state index is 12.7. The smallest absolute Gasteiger partial charge is 0.247 e. The fourth-order valence-electron chi connectivity index (χ4n) is 2.69. The third-order valence-electron chi connectivity index (χ3n) is 4.11. The van der Waals surface area contributed by atoms with E-state index in [-0.39, 0.29) is 17.9 Å². The van der Waals surface area contributed by atoms with Crippen LogP contribution in [0.25, 0.3) is 0 Å². The molecule has 0 spiro atoms. The number of rotatable bonds is 6. The number of carbonyl (C=O) groups is 2. The van der Waals surface area contributed by atoms with Gasteiger partial charge in [0.2, 0.25) is 11.8 Å². The van der Waals surface area contributed by atoms with Gasteiger partial charge in [-0.15, -0.1) is 0 Å². The molecular formula is C17H24N2O3. The molecule has 1 aromatic rings. The van der Waals surface area contributed by atoms with Crippen LogP contribution in [0.2, 0.25) is 0 Å². The highest BCUT2D eigenvalue weighted by molar-refractivity contribution is 5.92. The van der Waals surface area contributed by atoms with Gasteiger partial charge in [-0.1, -0.05) is 31.2 Å². The maximum atomic E-state index is 12.7. The lowest BCUT2D eigenvalue weighted by molar-refractivity contribution is -0.142. The van der Waals surface area contributed by atoms with Crippen molar-refractivity contribution in [2.24, 2.45) is 0 Å². The number of hydrogen-bond acceptors (Lipinski definition) is 3. The zero-order chi connectivity index (χ0) is 16.1. The summed E-state index contributed by atoms with van der Waals surface area (Å²) in [6.07, 6.45) is 1.19. The summed E-state index contributed by atoms with van der Waals surface area (Å²) >= 11 is 0. The van der Waals surface area contributed by atoms with Gasteiger partial charge >= 0.3 is 0 Å². The molecule has 5 nitrogen and oxygen atoms in total. The molecule has 1 aliphatic rings. The SMILES string of the molecule is CC[C@H](C)NC(=O)[C@H]1c2ccccc2CC(=O)N1CCOC. The largest absolute Gasteiger partial charge is 0.383 e. The van der Waals surface area contributed by atoms with Crippen LogP contribution in [-0.4, -0.2) is 43.0 Å². The first-order valence-electron chi connectivity index (χ1n) is 7.75. The molecule has 1 aromatic carbocycles. The predicted molar refractivity (Wildman–Crippen MR) is 84.4 cm³/mol. The zero-order valence-corrected chi connectivity index (χ0v) is 13.5. The zero-order valence-electron chi connectivity index (χ0n) is 13.5. The van der Waals surface area contributed by atoms with Gasteiger partial charge in [0.1, 0.15) is 6.04 Å². The van der Waals surface area contributed by atoms with Crippen molar-refractivity contribution in [3.8, 4) is 0 Å². The van der Waals surface area contributed by atoms with Gasteiger partial charge < -0.3 is 15.0 Å². The summed E-state index contributed by atoms with van der Waals surface area (Å²) in [5, 5.41) is 2.99. The second-order valence-electron chi connectivity index (χ2n) is 5.68. The Morgan fingerprint density at radius 3 is 2.86 bits per heavy atom. The molecule has 0 saturated heterocycles. The van der Waals surface area contributed by atoms with E-state index < -0.39 is 6.04 Å². The van der Waals surface area contributed by atoms with Crippen molar-refractivity contribution in [3.63, 3.8) is 0 Å². The van der Waals surface area contributed by atoms with Crippen LogP contribution < -0.4 is 5.32 Å². The van der Waals surface area contributed by atoms with Crippen LogP contribution in [0.3, 0.4) is 0 Å². The van der Waals surface area contributed by atoms with Crippen molar-refractivity contribution in [1.29, 1.82) is 0 Å². The monoisotopic (exact) mass is 304 g/mol. The Hall–Kier alpha value is -1.88. The molecule has 0 aromatic heterocycles. The fourth-order valence-corrected chi connectivity index (χ4v) is 2.69. The molecule has 1 aliphatic heterocycles. The molecule has 2 rings (SSSR count). The van der Waals surface area contributed by atoms with E-state index in [0.717, 1.165) is 17.5 Å². The molecule has 0 radical (unpaired) electrons. The third kappa shape index (κ3) is 3.47. The van der Waals surface area contributed by atoms with E-state index in [2.05, 4.69) is 5.32 Å². The average molecular weight is 304 g/mol. The molecule has 0 unspecified atom stereocenters. The minimum atomic E-state index is -0.568. The Balaban J connectivity index is 2.33. The Labute approximate surface area is 131 Å². The summed E-state index contributed by atoms with van der Waals surface area (Å²) in [4.78, 5) is 26.8. The normalized spacial score (nSPS) is 18.8. The number of nitrogens with one attached hydrogen (secondary N) is 1. The quantitative estimate of drug-likeness (QED) is 0.870. The lowest BCUT2D eigenvalue weighted by atomic mass is 9.91. The molecule has 120 valence electrons. The van der Waals surface area contributed by atoms with E-state index in [1.165, 1.54) is 0 Å². The number of hydrogen-bond donors (Lipinski definition) is 1. The van der Waals surface area contributed by atoms with Gasteiger partial charge in [0, 0.05) is 19.7 Å². The van der Waals surface area contributed by atoms with Crippen LogP contribution in [-0.2, 0) is 20.7 Å². The second kappa shape index (κ2) is 7.40. The number of fused-ring (bicyclic) bond motifs is 1. The Bertz CT molecular complexity index is 544. The molecule has 0 fully saturated rings. The molecule has 1 heterocycles. The van der Waals surface area contributed by atoms with Gasteiger partial charge in [-0.2, -0.15) is 0 Å². The van der Waals surface area contributed by atoms with Gasteiger partial charge in [-0.05, 0) is 24.5 Å². The minimum Gasteiger partial charge on any atom is -0.383 e. The van der Waals surface area contributed by atoms with Crippen molar-refractivity contribution in [2.45, 2.75) is 38.8 Å². The Kier molecular flexibility index (Phi) is 5.55. The number of methoxy groups -OCH3 is 1. The van der Waals surface area contributed by atoms with Gasteiger partial charge in [0.15, 0.2) is 0 Å². The van der Waals surface area contributed by atoms with E-state index in [4.69, 9.17) is 4.74 Å². The number of amides is 2. The third-order valence-corrected chi connectivity index (χ3v) is 4.11. The van der Waals surface area contributed by atoms with Gasteiger partial charge in [0.05, 0.1) is 13.0 Å². The fraction of sp³-hybridized carbons (Fsp3) is 0.529. The molecule has 1 N–H and O–H groups in total. The van der Waals surface area contributed by atoms with Gasteiger partial charge in [0.25, 0.3) is 0 Å². The van der Waals surface area contributed by atoms with Gasteiger partial charge in [-0.25, -0.2) is 0 Å². The predicted octanol–water partition coefficient (Wildman–Crippen LogP) is 1.67. The lowest BCUT2D eigenvalue weighted by Crippen LogP contribution is -2.49. The van der Waals surface area contributed by atoms with Crippen molar-refractivity contribution in [2.75, 3.05) is 20.3 Å². The summed E-state index contributed by atoms with van der Waals surface area (Å²) in [6.45, 7) is 4.82. The van der Waals surface area contributed by atoms with Crippen LogP contribution in [0.4, 0.5) is 0 Å². The van der Waals surface area contributed by atoms with E-state index in [1.54, 1.807) is 12.0 Å². The molecule has 0 saturated carbocycles. The first kappa shape index (κ1) is 16.5. The molecule has 0 aliphatic carbocycles. The minimum absolute atomic E-state index is 0.0277. The van der Waals surface area contributed by atoms with Gasteiger partial charge in [-0.3, -0.25) is 9.59 Å². The Morgan fingerprint density at radius 2 is 2.18 bits per heavy atom. The topological polar surface area (TPSA) is 58.6 Å². The highest BCUT2D eigenvalue weighted by Crippen LogP contribution is 2.30. The number of nitrogens with zero attached hydrogens (tertiary/aromatic N) is 1. The number of benzene rings is 1. The van der Waals surface area contributed by atoms with Crippen LogP contribution in [0.1, 0.15) is 37.4 Å². The molecule has 2 atom stereocenters. The number of ether oxygens (including phenoxy) is 1. The van der Waals surface area contributed by atoms with E-state index in [9.17, 15) is 9.59 Å². The summed E-state index contributed by atoms with van der Waals surface area (Å²) in [5.74, 6) is -0.147. The number of carbonyl (C=O) groups excluding carboxylic acids is 2. The van der Waals surface area contributed by atoms with Crippen LogP contribution in [0, 0.1) is 0 Å². The van der Waals surface area contributed by atoms with Crippen LogP contribution >= 0.6 is 0 Å². The standard InChI is InChI=1S/C17H24N2O3/c1-4-12(2)18-17(21)16-14-8-6-5-7-13(14)11-15(20)19(16)9-10-22-3/h5-8,12,16H,4,9-11H2,1-3H3,(H,18,21)/t12-,16+/m0/s1. The van der Waals surface area contributed by atoms with Crippen molar-refractivity contribution < 1.29 is 14.3 Å². The maximum Gasteiger partial charge on any atom is 0.247 e. The first-order valence-corrected chi connectivity index (χ1v) is 7.75. The molecule has 2 amide bonds. The van der Waals surface area contributed by atoms with Crippen molar-refractivity contribution >= 4 is 11.8 Å². The summed E-state index contributed by atoms with van der Waals surface area (Å²) in [5.41, 5.74) is 1.85. The summed E-state index contributed by atoms with van der Waals surface area (Å²) in [6, 6.07) is 7.18. The summed E-state index contributed by atoms with van der Waals surface area (Å²) in [7, 11) is 1.59. The molecular weight excluding hydrogens is 280 g/mol. The Morgan fingerprint density at radius 1 is 1.45 bits per heavy atom. The van der Waals surface area contributed by atoms with Crippen molar-refractivity contribution in [3.05, 3.63) is 35.4 Å². The van der Waals surface area contributed by atoms with E-state index in [1.807, 2.05) is 38.1 Å². The molecule has 0 bridgehead atoms. The summed E-state index contributed by atoms with van der Waals surface area (Å²) < 4.78 is 5.09. The van der Waals surface area contributed by atoms with Crippen molar-refractivity contribution in [1.82, 2.24) is 10.2 Å². The first-order chi connectivity index (χ1) is 10.6. The molecule has 5 heteroatoms. The second-order valence-corrected chi connectivity index (χ2v) is 5.68. The van der Waals surface area contributed by atoms with E-state index >= 15 is 0 Å². The highest BCUT2D eigenvalue weighted by Gasteiger charge is 2.36.